The number of likely N-dealkylation sites (N-methyl/N-ethyl adjacent to an activating group) is 1. The van der Waals surface area contributed by atoms with Crippen molar-refractivity contribution in [2.75, 3.05) is 39.8 Å². The number of hydrogen-bond acceptors (Lipinski definition) is 4. The highest BCUT2D eigenvalue weighted by molar-refractivity contribution is 9.11. The van der Waals surface area contributed by atoms with Crippen LogP contribution < -0.4 is 5.32 Å². The number of piperazine rings is 1. The van der Waals surface area contributed by atoms with Crippen molar-refractivity contribution in [3.05, 3.63) is 20.8 Å². The first-order valence-corrected chi connectivity index (χ1v) is 9.49. The smallest absolute Gasteiger partial charge is 0.0701 e. The van der Waals surface area contributed by atoms with Crippen LogP contribution in [0.3, 0.4) is 0 Å². The molecule has 0 amide bonds. The minimum Gasteiger partial charge on any atom is -0.308 e. The Hall–Kier alpha value is 0.0600. The molecule has 1 saturated heterocycles. The Labute approximate surface area is 141 Å². The van der Waals surface area contributed by atoms with Gasteiger partial charge < -0.3 is 10.2 Å². The van der Waals surface area contributed by atoms with E-state index in [0.717, 1.165) is 6.54 Å². The van der Waals surface area contributed by atoms with Gasteiger partial charge >= 0.3 is 0 Å². The molecule has 21 heavy (non-hydrogen) atoms. The quantitative estimate of drug-likeness (QED) is 0.823. The van der Waals surface area contributed by atoms with Gasteiger partial charge in [-0.1, -0.05) is 13.8 Å². The molecule has 2 atom stereocenters. The van der Waals surface area contributed by atoms with Gasteiger partial charge in [0.05, 0.1) is 3.79 Å². The molecule has 3 nitrogen and oxygen atoms in total. The molecule has 2 rings (SSSR count). The zero-order chi connectivity index (χ0) is 15.4. The number of nitrogens with one attached hydrogen (secondary N) is 1. The minimum atomic E-state index is 0.426. The van der Waals surface area contributed by atoms with Crippen LogP contribution in [0.25, 0.3) is 0 Å². The molecule has 1 aliphatic rings. The average Bonchev–Trinajstić information content (AvgIpc) is 2.87. The maximum atomic E-state index is 3.74. The summed E-state index contributed by atoms with van der Waals surface area (Å²) in [5.41, 5.74) is 0. The Morgan fingerprint density at radius 1 is 1.19 bits per heavy atom. The van der Waals surface area contributed by atoms with E-state index in [2.05, 4.69) is 71.0 Å². The lowest BCUT2D eigenvalue weighted by molar-refractivity contribution is 0.0864. The number of halogens is 1. The fourth-order valence-corrected chi connectivity index (χ4v) is 4.35. The molecule has 2 heterocycles. The van der Waals surface area contributed by atoms with Crippen LogP contribution >= 0.6 is 27.3 Å². The van der Waals surface area contributed by atoms with E-state index in [9.17, 15) is 0 Å². The van der Waals surface area contributed by atoms with Crippen molar-refractivity contribution in [3.8, 4) is 0 Å². The van der Waals surface area contributed by atoms with Crippen molar-refractivity contribution in [3.63, 3.8) is 0 Å². The third kappa shape index (κ3) is 5.03. The molecule has 1 N–H and O–H groups in total. The van der Waals surface area contributed by atoms with Gasteiger partial charge in [0.15, 0.2) is 0 Å². The Morgan fingerprint density at radius 3 is 2.38 bits per heavy atom. The van der Waals surface area contributed by atoms with Crippen molar-refractivity contribution >= 4 is 27.3 Å². The maximum Gasteiger partial charge on any atom is 0.0701 e. The predicted octanol–water partition coefficient (Wildman–Crippen LogP) is 3.43. The van der Waals surface area contributed by atoms with Gasteiger partial charge in [0.25, 0.3) is 0 Å². The number of hydrogen-bond donors (Lipinski definition) is 1. The molecule has 5 heteroatoms. The third-order valence-corrected chi connectivity index (χ3v) is 6.24. The maximum absolute atomic E-state index is 3.74. The highest BCUT2D eigenvalue weighted by Crippen LogP contribution is 2.27. The molecule has 0 bridgehead atoms. The second kappa shape index (κ2) is 8.06. The lowest BCUT2D eigenvalue weighted by atomic mass is 10.0. The predicted molar refractivity (Wildman–Crippen MR) is 96.1 cm³/mol. The summed E-state index contributed by atoms with van der Waals surface area (Å²) in [6, 6.07) is 5.41. The van der Waals surface area contributed by atoms with Crippen molar-refractivity contribution in [1.29, 1.82) is 0 Å². The summed E-state index contributed by atoms with van der Waals surface area (Å²) in [6.45, 7) is 12.8. The van der Waals surface area contributed by atoms with E-state index in [-0.39, 0.29) is 0 Å². The van der Waals surface area contributed by atoms with Crippen LogP contribution in [0.1, 0.15) is 31.7 Å². The Kier molecular flexibility index (Phi) is 6.69. The van der Waals surface area contributed by atoms with Crippen LogP contribution in [-0.4, -0.2) is 55.6 Å². The molecule has 0 aromatic carbocycles. The van der Waals surface area contributed by atoms with Gasteiger partial charge in [0.2, 0.25) is 0 Å². The van der Waals surface area contributed by atoms with Gasteiger partial charge in [-0.15, -0.1) is 11.3 Å². The molecule has 0 saturated carbocycles. The number of nitrogens with zero attached hydrogens (tertiary/aromatic N) is 2. The number of thiophene rings is 1. The monoisotopic (exact) mass is 373 g/mol. The van der Waals surface area contributed by atoms with Crippen LogP contribution in [-0.2, 0) is 0 Å². The molecule has 1 fully saturated rings. The van der Waals surface area contributed by atoms with E-state index in [1.165, 1.54) is 34.8 Å². The summed E-state index contributed by atoms with van der Waals surface area (Å²) >= 11 is 5.38. The van der Waals surface area contributed by atoms with Gasteiger partial charge in [-0.3, -0.25) is 4.90 Å². The van der Waals surface area contributed by atoms with Crippen LogP contribution in [0.5, 0.6) is 0 Å². The first kappa shape index (κ1) is 17.4. The number of rotatable bonds is 6. The largest absolute Gasteiger partial charge is 0.308 e. The molecular weight excluding hydrogens is 346 g/mol. The molecule has 1 aliphatic heterocycles. The molecule has 120 valence electrons. The lowest BCUT2D eigenvalue weighted by Gasteiger charge is -2.40. The highest BCUT2D eigenvalue weighted by atomic mass is 79.9. The van der Waals surface area contributed by atoms with Crippen molar-refractivity contribution in [1.82, 2.24) is 15.1 Å². The molecule has 0 radical (unpaired) electrons. The second-order valence-electron chi connectivity index (χ2n) is 6.42. The summed E-state index contributed by atoms with van der Waals surface area (Å²) in [5, 5.41) is 3.74. The molecule has 1 aromatic rings. The standard InChI is InChI=1S/C16H28BrN3S/c1-12(2)14(20-9-7-19(4)8-10-20)11-18-13(3)15-5-6-16(17)21-15/h5-6,12-14,18H,7-11H2,1-4H3. The van der Waals surface area contributed by atoms with Crippen LogP contribution in [0.4, 0.5) is 0 Å². The zero-order valence-electron chi connectivity index (χ0n) is 13.6. The van der Waals surface area contributed by atoms with Gasteiger partial charge in [-0.25, -0.2) is 0 Å². The summed E-state index contributed by atoms with van der Waals surface area (Å²) in [7, 11) is 2.22. The van der Waals surface area contributed by atoms with E-state index < -0.39 is 0 Å². The Morgan fingerprint density at radius 2 is 1.86 bits per heavy atom. The van der Waals surface area contributed by atoms with Crippen LogP contribution in [0.15, 0.2) is 15.9 Å². The van der Waals surface area contributed by atoms with Gasteiger partial charge in [-0.2, -0.15) is 0 Å². The van der Waals surface area contributed by atoms with E-state index in [1.807, 2.05) is 11.3 Å². The fourth-order valence-electron chi connectivity index (χ4n) is 2.90. The van der Waals surface area contributed by atoms with E-state index >= 15 is 0 Å². The average molecular weight is 374 g/mol. The Bertz CT molecular complexity index is 427. The van der Waals surface area contributed by atoms with E-state index in [4.69, 9.17) is 0 Å². The molecule has 2 unspecified atom stereocenters. The molecule has 0 aliphatic carbocycles. The van der Waals surface area contributed by atoms with Crippen molar-refractivity contribution < 1.29 is 0 Å². The fraction of sp³-hybridized carbons (Fsp3) is 0.750. The first-order chi connectivity index (χ1) is 9.97. The van der Waals surface area contributed by atoms with Crippen LogP contribution in [0.2, 0.25) is 0 Å². The zero-order valence-corrected chi connectivity index (χ0v) is 16.0. The normalized spacial score (nSPS) is 20.9. The second-order valence-corrected chi connectivity index (χ2v) is 8.92. The van der Waals surface area contributed by atoms with E-state index in [1.54, 1.807) is 0 Å². The summed E-state index contributed by atoms with van der Waals surface area (Å²) < 4.78 is 1.21. The van der Waals surface area contributed by atoms with Crippen LogP contribution in [0, 0.1) is 5.92 Å². The topological polar surface area (TPSA) is 18.5 Å². The minimum absolute atomic E-state index is 0.426. The van der Waals surface area contributed by atoms with Crippen molar-refractivity contribution in [2.24, 2.45) is 5.92 Å². The molecule has 1 aromatic heterocycles. The lowest BCUT2D eigenvalue weighted by Crippen LogP contribution is -2.53. The first-order valence-electron chi connectivity index (χ1n) is 7.88. The van der Waals surface area contributed by atoms with Gasteiger partial charge in [0, 0.05) is 49.7 Å². The molecule has 0 spiro atoms. The Balaban J connectivity index is 1.88. The van der Waals surface area contributed by atoms with E-state index in [0.29, 0.717) is 18.0 Å². The highest BCUT2D eigenvalue weighted by Gasteiger charge is 2.25. The van der Waals surface area contributed by atoms with Crippen molar-refractivity contribution in [2.45, 2.75) is 32.9 Å². The van der Waals surface area contributed by atoms with Gasteiger partial charge in [0.1, 0.15) is 0 Å². The summed E-state index contributed by atoms with van der Waals surface area (Å²) in [6.07, 6.45) is 0. The molecular formula is C16H28BrN3S. The van der Waals surface area contributed by atoms with Gasteiger partial charge in [-0.05, 0) is 48.0 Å². The summed E-state index contributed by atoms with van der Waals surface area (Å²) in [5.74, 6) is 0.683. The third-order valence-electron chi connectivity index (χ3n) is 4.43. The summed E-state index contributed by atoms with van der Waals surface area (Å²) in [4.78, 5) is 6.49. The SMILES string of the molecule is CC(NCC(C(C)C)N1CCN(C)CC1)c1ccc(Br)s1.